The monoisotopic (exact) mass is 605 g/mol. The van der Waals surface area contributed by atoms with Crippen LogP contribution in [0.4, 0.5) is 25.2 Å². The van der Waals surface area contributed by atoms with Crippen LogP contribution in [0.3, 0.4) is 0 Å². The summed E-state index contributed by atoms with van der Waals surface area (Å²) in [5, 5.41) is 14.4. The van der Waals surface area contributed by atoms with E-state index >= 15 is 0 Å². The van der Waals surface area contributed by atoms with Crippen molar-refractivity contribution in [3.05, 3.63) is 51.2 Å². The van der Waals surface area contributed by atoms with Gasteiger partial charge in [-0.05, 0) is 69.2 Å². The van der Waals surface area contributed by atoms with Gasteiger partial charge in [0, 0.05) is 79.7 Å². The van der Waals surface area contributed by atoms with Gasteiger partial charge in [-0.15, -0.1) is 11.3 Å². The number of alkyl halides is 1. The molecule has 0 radical (unpaired) electrons. The number of thiophene rings is 1. The maximum atomic E-state index is 14.8. The smallest absolute Gasteiger partial charge is 0.255 e. The second kappa shape index (κ2) is 10.2. The predicted octanol–water partition coefficient (Wildman–Crippen LogP) is 4.13. The first-order chi connectivity index (χ1) is 20.8. The Balaban J connectivity index is 1.19. The summed E-state index contributed by atoms with van der Waals surface area (Å²) in [4.78, 5) is 21.2. The van der Waals surface area contributed by atoms with Crippen LogP contribution in [-0.2, 0) is 19.5 Å². The number of anilines is 3. The molecule has 0 saturated carbocycles. The number of piperazine rings is 1. The molecule has 226 valence electrons. The average Bonchev–Trinajstić information content (AvgIpc) is 3.73. The molecule has 4 atom stereocenters. The first-order valence-corrected chi connectivity index (χ1v) is 16.5. The highest BCUT2D eigenvalue weighted by molar-refractivity contribution is 7.23. The summed E-state index contributed by atoms with van der Waals surface area (Å²) in [7, 11) is 0. The number of hydrogen-bond donors (Lipinski definition) is 2. The highest BCUT2D eigenvalue weighted by Crippen LogP contribution is 2.44. The van der Waals surface area contributed by atoms with Crippen LogP contribution in [0, 0.1) is 17.1 Å². The molecular weight excluding hydrogens is 568 g/mol. The fourth-order valence-corrected chi connectivity index (χ4v) is 9.77. The lowest BCUT2D eigenvalue weighted by atomic mass is 9.89. The number of rotatable bonds is 5. The summed E-state index contributed by atoms with van der Waals surface area (Å²) >= 11 is 1.10. The average molecular weight is 606 g/mol. The first-order valence-electron chi connectivity index (χ1n) is 15.6. The van der Waals surface area contributed by atoms with E-state index in [4.69, 9.17) is 5.73 Å². The van der Waals surface area contributed by atoms with Crippen molar-refractivity contribution < 1.29 is 8.78 Å². The molecule has 3 aromatic rings. The van der Waals surface area contributed by atoms with E-state index in [1.807, 2.05) is 4.57 Å². The largest absolute Gasteiger partial charge is 0.389 e. The van der Waals surface area contributed by atoms with Crippen LogP contribution in [0.15, 0.2) is 23.1 Å². The summed E-state index contributed by atoms with van der Waals surface area (Å²) < 4.78 is 31.6. The van der Waals surface area contributed by atoms with E-state index < -0.39 is 12.0 Å². The molecule has 43 heavy (non-hydrogen) atoms. The minimum atomic E-state index is -0.794. The first kappa shape index (κ1) is 27.4. The lowest BCUT2D eigenvalue weighted by Crippen LogP contribution is -2.52. The summed E-state index contributed by atoms with van der Waals surface area (Å²) in [5.74, 6) is -0.393. The van der Waals surface area contributed by atoms with Gasteiger partial charge < -0.3 is 25.4 Å². The van der Waals surface area contributed by atoms with Crippen molar-refractivity contribution in [1.29, 1.82) is 5.26 Å². The molecule has 8 nitrogen and oxygen atoms in total. The van der Waals surface area contributed by atoms with E-state index in [9.17, 15) is 18.8 Å². The van der Waals surface area contributed by atoms with Crippen LogP contribution >= 0.6 is 11.3 Å². The number of nitriles is 1. The van der Waals surface area contributed by atoms with Gasteiger partial charge in [-0.3, -0.25) is 9.69 Å². The second-order valence-corrected chi connectivity index (χ2v) is 14.3. The zero-order chi connectivity index (χ0) is 29.5. The second-order valence-electron chi connectivity index (χ2n) is 13.2. The van der Waals surface area contributed by atoms with Gasteiger partial charge in [0.05, 0.1) is 16.0 Å². The predicted molar refractivity (Wildman–Crippen MR) is 166 cm³/mol. The minimum Gasteiger partial charge on any atom is -0.389 e. The maximum absolute atomic E-state index is 14.8. The summed E-state index contributed by atoms with van der Waals surface area (Å²) in [6, 6.07) is 6.25. The topological polar surface area (TPSA) is 93.6 Å². The van der Waals surface area contributed by atoms with Crippen LogP contribution in [0.2, 0.25) is 0 Å². The minimum absolute atomic E-state index is 0.000920. The molecule has 8 rings (SSSR count). The van der Waals surface area contributed by atoms with E-state index in [1.54, 1.807) is 6.07 Å². The molecule has 0 aliphatic carbocycles. The Morgan fingerprint density at radius 2 is 1.93 bits per heavy atom. The molecule has 4 saturated heterocycles. The molecule has 4 fully saturated rings. The molecule has 5 aliphatic heterocycles. The Morgan fingerprint density at radius 1 is 1.12 bits per heavy atom. The van der Waals surface area contributed by atoms with Crippen molar-refractivity contribution >= 4 is 37.8 Å². The molecule has 11 heteroatoms. The third-order valence-electron chi connectivity index (χ3n) is 10.8. The van der Waals surface area contributed by atoms with Crippen LogP contribution in [0.5, 0.6) is 0 Å². The molecule has 0 amide bonds. The number of nitrogens with one attached hydrogen (secondary N) is 1. The van der Waals surface area contributed by atoms with Crippen LogP contribution in [0.25, 0.3) is 10.1 Å². The number of hydrogen-bond acceptors (Lipinski definition) is 8. The number of fused-ring (bicyclic) bond motifs is 5. The lowest BCUT2D eigenvalue weighted by Gasteiger charge is -2.39. The molecule has 2 bridgehead atoms. The number of halogens is 2. The third-order valence-corrected chi connectivity index (χ3v) is 11.9. The number of benzene rings is 1. The fourth-order valence-electron chi connectivity index (χ4n) is 8.82. The number of nitrogen functional groups attached to an aromatic ring is 1. The van der Waals surface area contributed by atoms with Crippen molar-refractivity contribution in [2.45, 2.75) is 81.8 Å². The van der Waals surface area contributed by atoms with E-state index in [2.05, 4.69) is 32.3 Å². The van der Waals surface area contributed by atoms with Gasteiger partial charge in [0.15, 0.2) is 0 Å². The highest BCUT2D eigenvalue weighted by atomic mass is 32.1. The van der Waals surface area contributed by atoms with Gasteiger partial charge in [0.25, 0.3) is 5.56 Å². The number of pyridine rings is 1. The molecule has 0 spiro atoms. The van der Waals surface area contributed by atoms with Crippen LogP contribution in [0.1, 0.15) is 55.2 Å². The highest BCUT2D eigenvalue weighted by Gasteiger charge is 2.48. The van der Waals surface area contributed by atoms with Crippen molar-refractivity contribution in [2.24, 2.45) is 0 Å². The maximum Gasteiger partial charge on any atom is 0.255 e. The van der Waals surface area contributed by atoms with Crippen molar-refractivity contribution in [1.82, 2.24) is 14.8 Å². The van der Waals surface area contributed by atoms with Crippen LogP contribution < -0.4 is 26.4 Å². The summed E-state index contributed by atoms with van der Waals surface area (Å²) in [5.41, 5.74) is 10.0. The lowest BCUT2D eigenvalue weighted by molar-refractivity contribution is 0.174. The van der Waals surface area contributed by atoms with E-state index in [0.717, 1.165) is 72.7 Å². The SMILES string of the molecule is N#Cc1c(N)sc2c(F)ccc(N3CCc4c(N5CC6CCC(C5)N6)cn(CCC56CCCN5C[C@H](F)C6)c(=O)c4C3)c12. The van der Waals surface area contributed by atoms with Crippen LogP contribution in [-0.4, -0.2) is 66.0 Å². The van der Waals surface area contributed by atoms with Gasteiger partial charge in [-0.2, -0.15) is 5.26 Å². The zero-order valence-electron chi connectivity index (χ0n) is 24.2. The normalized spacial score (nSPS) is 28.4. The zero-order valence-corrected chi connectivity index (χ0v) is 25.1. The summed E-state index contributed by atoms with van der Waals surface area (Å²) in [6.45, 7) is 4.88. The van der Waals surface area contributed by atoms with Crippen molar-refractivity contribution in [3.63, 3.8) is 0 Å². The number of aromatic nitrogens is 1. The van der Waals surface area contributed by atoms with Gasteiger partial charge in [-0.1, -0.05) is 0 Å². The third kappa shape index (κ3) is 4.36. The molecule has 2 aromatic heterocycles. The molecule has 5 aliphatic rings. The molecule has 3 unspecified atom stereocenters. The Labute approximate surface area is 253 Å². The molecular formula is C32H37F2N7OS. The van der Waals surface area contributed by atoms with Crippen molar-refractivity contribution in [3.8, 4) is 6.07 Å². The van der Waals surface area contributed by atoms with Gasteiger partial charge in [0.1, 0.15) is 23.1 Å². The molecule has 3 N–H and O–H groups in total. The van der Waals surface area contributed by atoms with Crippen molar-refractivity contribution in [2.75, 3.05) is 48.3 Å². The van der Waals surface area contributed by atoms with E-state index in [-0.39, 0.29) is 11.1 Å². The summed E-state index contributed by atoms with van der Waals surface area (Å²) in [6.07, 6.45) is 7.71. The van der Waals surface area contributed by atoms with Gasteiger partial charge in [-0.25, -0.2) is 8.78 Å². The van der Waals surface area contributed by atoms with Gasteiger partial charge in [0.2, 0.25) is 0 Å². The molecule has 7 heterocycles. The number of aryl methyl sites for hydroxylation is 1. The fraction of sp³-hybridized carbons (Fsp3) is 0.562. The van der Waals surface area contributed by atoms with Gasteiger partial charge >= 0.3 is 0 Å². The van der Waals surface area contributed by atoms with E-state index in [0.29, 0.717) is 71.8 Å². The Hall–Kier alpha value is -3.20. The Kier molecular flexibility index (Phi) is 6.48. The quantitative estimate of drug-likeness (QED) is 0.452. The standard InChI is InChI=1S/C32H37F2N7OS/c33-19-12-32(7-1-9-41(32)14-19)8-11-39-18-27(40-15-20-2-3-21(16-40)37-20)22-6-10-38(17-24(22)31(39)42)26-5-4-25(34)29-28(26)23(13-35)30(36)43-29/h4-5,18-21,37H,1-3,6-12,14-17,36H2/t19-,20?,21?,32?/m1/s1. The Bertz CT molecular complexity index is 1700. The van der Waals surface area contributed by atoms with E-state index in [1.165, 1.54) is 18.9 Å². The Morgan fingerprint density at radius 3 is 2.72 bits per heavy atom. The number of nitrogens with zero attached hydrogens (tertiary/aromatic N) is 5. The number of nitrogens with two attached hydrogens (primary N) is 1. The molecule has 1 aromatic carbocycles.